The highest BCUT2D eigenvalue weighted by atomic mass is 15.1. The van der Waals surface area contributed by atoms with Crippen molar-refractivity contribution in [1.29, 1.82) is 0 Å². The molecule has 0 aromatic carbocycles. The van der Waals surface area contributed by atoms with Crippen molar-refractivity contribution in [3.63, 3.8) is 0 Å². The van der Waals surface area contributed by atoms with E-state index in [4.69, 9.17) is 5.73 Å². The molecule has 1 heterocycles. The van der Waals surface area contributed by atoms with Gasteiger partial charge in [0.1, 0.15) is 0 Å². The van der Waals surface area contributed by atoms with E-state index in [1.807, 2.05) is 12.5 Å². The number of aromatic nitrogens is 2. The Balaban J connectivity index is 2.32. The standard InChI is InChI=1S/C12H21N3/c1-2-15-10-14-8-11(15)12(9-13)6-4-3-5-7-12/h8,10H,2-7,9,13H2,1H3. The number of nitrogens with zero attached hydrogens (tertiary/aromatic N) is 2. The first-order valence-corrected chi connectivity index (χ1v) is 6.03. The zero-order valence-electron chi connectivity index (χ0n) is 9.58. The summed E-state index contributed by atoms with van der Waals surface area (Å²) in [6.45, 7) is 3.92. The van der Waals surface area contributed by atoms with Gasteiger partial charge in [0.2, 0.25) is 0 Å². The summed E-state index contributed by atoms with van der Waals surface area (Å²) in [5.74, 6) is 0. The number of aryl methyl sites for hydroxylation is 1. The van der Waals surface area contributed by atoms with E-state index in [0.29, 0.717) is 0 Å². The first kappa shape index (κ1) is 10.7. The van der Waals surface area contributed by atoms with E-state index in [9.17, 15) is 0 Å². The van der Waals surface area contributed by atoms with Crippen LogP contribution in [0.2, 0.25) is 0 Å². The molecule has 0 radical (unpaired) electrons. The van der Waals surface area contributed by atoms with Gasteiger partial charge in [0, 0.05) is 30.4 Å². The molecule has 3 nitrogen and oxygen atoms in total. The average Bonchev–Trinajstić information content (AvgIpc) is 2.78. The second-order valence-corrected chi connectivity index (χ2v) is 4.61. The summed E-state index contributed by atoms with van der Waals surface area (Å²) < 4.78 is 2.25. The Morgan fingerprint density at radius 1 is 1.40 bits per heavy atom. The van der Waals surface area contributed by atoms with Gasteiger partial charge in [0.15, 0.2) is 0 Å². The molecular weight excluding hydrogens is 186 g/mol. The smallest absolute Gasteiger partial charge is 0.0948 e. The Morgan fingerprint density at radius 2 is 2.13 bits per heavy atom. The number of rotatable bonds is 3. The molecule has 2 N–H and O–H groups in total. The summed E-state index contributed by atoms with van der Waals surface area (Å²) >= 11 is 0. The van der Waals surface area contributed by atoms with Crippen molar-refractivity contribution in [3.8, 4) is 0 Å². The predicted octanol–water partition coefficient (Wildman–Crippen LogP) is 2.06. The summed E-state index contributed by atoms with van der Waals surface area (Å²) in [5, 5.41) is 0. The van der Waals surface area contributed by atoms with Crippen LogP contribution in [0.5, 0.6) is 0 Å². The summed E-state index contributed by atoms with van der Waals surface area (Å²) in [7, 11) is 0. The van der Waals surface area contributed by atoms with Crippen molar-refractivity contribution in [2.45, 2.75) is 51.0 Å². The van der Waals surface area contributed by atoms with Crippen LogP contribution in [-0.2, 0) is 12.0 Å². The fourth-order valence-corrected chi connectivity index (χ4v) is 2.81. The summed E-state index contributed by atoms with van der Waals surface area (Å²) in [6.07, 6.45) is 10.4. The maximum atomic E-state index is 6.01. The Hall–Kier alpha value is -0.830. The van der Waals surface area contributed by atoms with Crippen molar-refractivity contribution in [2.24, 2.45) is 5.73 Å². The van der Waals surface area contributed by atoms with Crippen LogP contribution in [-0.4, -0.2) is 16.1 Å². The van der Waals surface area contributed by atoms with E-state index < -0.39 is 0 Å². The van der Waals surface area contributed by atoms with Gasteiger partial charge in [-0.05, 0) is 19.8 Å². The zero-order valence-corrected chi connectivity index (χ0v) is 9.58. The largest absolute Gasteiger partial charge is 0.334 e. The van der Waals surface area contributed by atoms with Gasteiger partial charge >= 0.3 is 0 Å². The lowest BCUT2D eigenvalue weighted by atomic mass is 9.72. The van der Waals surface area contributed by atoms with Crippen LogP contribution >= 0.6 is 0 Å². The second kappa shape index (κ2) is 4.35. The Bertz CT molecular complexity index is 310. The molecule has 1 fully saturated rings. The maximum Gasteiger partial charge on any atom is 0.0948 e. The minimum Gasteiger partial charge on any atom is -0.334 e. The lowest BCUT2D eigenvalue weighted by molar-refractivity contribution is 0.285. The third kappa shape index (κ3) is 1.81. The molecule has 1 aromatic heterocycles. The van der Waals surface area contributed by atoms with E-state index >= 15 is 0 Å². The first-order valence-electron chi connectivity index (χ1n) is 6.03. The number of hydrogen-bond acceptors (Lipinski definition) is 2. The molecule has 1 aliphatic rings. The number of imidazole rings is 1. The highest BCUT2D eigenvalue weighted by Gasteiger charge is 2.34. The molecule has 3 heteroatoms. The quantitative estimate of drug-likeness (QED) is 0.824. The van der Waals surface area contributed by atoms with Gasteiger partial charge in [-0.2, -0.15) is 0 Å². The third-order valence-electron chi connectivity index (χ3n) is 3.80. The van der Waals surface area contributed by atoms with E-state index in [0.717, 1.165) is 13.1 Å². The molecule has 15 heavy (non-hydrogen) atoms. The minimum atomic E-state index is 0.213. The number of hydrogen-bond donors (Lipinski definition) is 1. The van der Waals surface area contributed by atoms with Crippen LogP contribution in [0.15, 0.2) is 12.5 Å². The van der Waals surface area contributed by atoms with E-state index in [1.165, 1.54) is 37.8 Å². The Kier molecular flexibility index (Phi) is 3.10. The molecular formula is C12H21N3. The summed E-state index contributed by atoms with van der Waals surface area (Å²) in [5.41, 5.74) is 7.58. The van der Waals surface area contributed by atoms with Crippen LogP contribution in [0, 0.1) is 0 Å². The first-order chi connectivity index (χ1) is 7.32. The minimum absolute atomic E-state index is 0.213. The molecule has 0 amide bonds. The molecule has 1 aliphatic carbocycles. The molecule has 0 saturated heterocycles. The van der Waals surface area contributed by atoms with E-state index in [2.05, 4.69) is 16.5 Å². The van der Waals surface area contributed by atoms with Crippen molar-refractivity contribution < 1.29 is 0 Å². The molecule has 1 saturated carbocycles. The van der Waals surface area contributed by atoms with Crippen LogP contribution in [0.4, 0.5) is 0 Å². The monoisotopic (exact) mass is 207 g/mol. The normalized spacial score (nSPS) is 20.4. The van der Waals surface area contributed by atoms with Crippen molar-refractivity contribution in [1.82, 2.24) is 9.55 Å². The molecule has 0 unspecified atom stereocenters. The van der Waals surface area contributed by atoms with Gasteiger partial charge in [-0.15, -0.1) is 0 Å². The molecule has 0 spiro atoms. The van der Waals surface area contributed by atoms with Gasteiger partial charge in [0.25, 0.3) is 0 Å². The summed E-state index contributed by atoms with van der Waals surface area (Å²) in [6, 6.07) is 0. The van der Waals surface area contributed by atoms with Crippen LogP contribution in [0.1, 0.15) is 44.7 Å². The van der Waals surface area contributed by atoms with Gasteiger partial charge in [-0.1, -0.05) is 19.3 Å². The zero-order chi connectivity index (χ0) is 10.7. The molecule has 84 valence electrons. The van der Waals surface area contributed by atoms with Crippen molar-refractivity contribution in [3.05, 3.63) is 18.2 Å². The highest BCUT2D eigenvalue weighted by molar-refractivity contribution is 5.17. The lowest BCUT2D eigenvalue weighted by Crippen LogP contribution is -2.38. The average molecular weight is 207 g/mol. The third-order valence-corrected chi connectivity index (χ3v) is 3.80. The van der Waals surface area contributed by atoms with E-state index in [1.54, 1.807) is 0 Å². The van der Waals surface area contributed by atoms with Gasteiger partial charge in [-0.3, -0.25) is 0 Å². The van der Waals surface area contributed by atoms with Crippen molar-refractivity contribution >= 4 is 0 Å². The molecule has 1 aromatic rings. The maximum absolute atomic E-state index is 6.01. The molecule has 0 atom stereocenters. The predicted molar refractivity (Wildman–Crippen MR) is 61.7 cm³/mol. The topological polar surface area (TPSA) is 43.8 Å². The molecule has 0 aliphatic heterocycles. The fraction of sp³-hybridized carbons (Fsp3) is 0.750. The van der Waals surface area contributed by atoms with Crippen LogP contribution in [0.25, 0.3) is 0 Å². The SMILES string of the molecule is CCn1cncc1C1(CN)CCCCC1. The summed E-state index contributed by atoms with van der Waals surface area (Å²) in [4.78, 5) is 4.27. The van der Waals surface area contributed by atoms with Crippen LogP contribution < -0.4 is 5.73 Å². The van der Waals surface area contributed by atoms with Gasteiger partial charge in [-0.25, -0.2) is 4.98 Å². The molecule has 2 rings (SSSR count). The highest BCUT2D eigenvalue weighted by Crippen LogP contribution is 2.38. The number of nitrogens with two attached hydrogens (primary N) is 1. The second-order valence-electron chi connectivity index (χ2n) is 4.61. The molecule has 0 bridgehead atoms. The van der Waals surface area contributed by atoms with E-state index in [-0.39, 0.29) is 5.41 Å². The Labute approximate surface area is 91.7 Å². The van der Waals surface area contributed by atoms with Gasteiger partial charge in [0.05, 0.1) is 6.33 Å². The van der Waals surface area contributed by atoms with Gasteiger partial charge < -0.3 is 10.3 Å². The lowest BCUT2D eigenvalue weighted by Gasteiger charge is -2.36. The van der Waals surface area contributed by atoms with Crippen molar-refractivity contribution in [2.75, 3.05) is 6.54 Å². The Morgan fingerprint density at radius 3 is 2.73 bits per heavy atom. The fourth-order valence-electron chi connectivity index (χ4n) is 2.81. The van der Waals surface area contributed by atoms with Crippen LogP contribution in [0.3, 0.4) is 0 Å².